The molecule has 208 valence electrons. The molecule has 2 N–H and O–H groups in total. The Morgan fingerprint density at radius 3 is 2.52 bits per heavy atom. The van der Waals surface area contributed by atoms with Crippen molar-refractivity contribution in [2.24, 2.45) is 0 Å². The molecule has 0 radical (unpaired) electrons. The minimum Gasteiger partial charge on any atom is -0.507 e. The Hall–Kier alpha value is -4.61. The summed E-state index contributed by atoms with van der Waals surface area (Å²) in [5.41, 5.74) is 0.0954. The number of fused-ring (bicyclic) bond motifs is 1. The van der Waals surface area contributed by atoms with Crippen LogP contribution in [0.5, 0.6) is 5.75 Å². The summed E-state index contributed by atoms with van der Waals surface area (Å²) >= 11 is 0. The van der Waals surface area contributed by atoms with E-state index in [2.05, 4.69) is 15.0 Å². The number of carbonyl (C=O) groups is 1. The molecule has 4 aromatic rings. The van der Waals surface area contributed by atoms with Crippen LogP contribution < -0.4 is 10.6 Å². The number of phenolic OH excluding ortho intramolecular Hbond substituents is 1. The van der Waals surface area contributed by atoms with E-state index in [9.17, 15) is 24.2 Å². The van der Waals surface area contributed by atoms with Gasteiger partial charge in [0.2, 0.25) is 0 Å². The maximum absolute atomic E-state index is 15.7. The second kappa shape index (κ2) is 10.2. The molecule has 1 aliphatic rings. The maximum Gasteiger partial charge on any atom is 0.407 e. The highest BCUT2D eigenvalue weighted by atomic mass is 19.1. The minimum atomic E-state index is -1.06. The Bertz CT molecular complexity index is 1690. The predicted octanol–water partition coefficient (Wildman–Crippen LogP) is 4.45. The zero-order valence-electron chi connectivity index (χ0n) is 22.4. The van der Waals surface area contributed by atoms with E-state index in [0.29, 0.717) is 16.9 Å². The Kier molecular flexibility index (Phi) is 6.86. The van der Waals surface area contributed by atoms with Crippen LogP contribution in [-0.2, 0) is 0 Å². The van der Waals surface area contributed by atoms with E-state index in [0.717, 1.165) is 12.1 Å². The van der Waals surface area contributed by atoms with Crippen LogP contribution in [0.2, 0.25) is 0 Å². The van der Waals surface area contributed by atoms with Gasteiger partial charge in [-0.3, -0.25) is 4.98 Å². The highest BCUT2D eigenvalue weighted by Gasteiger charge is 2.31. The summed E-state index contributed by atoms with van der Waals surface area (Å²) < 4.78 is 31.8. The second-order valence-corrected chi connectivity index (χ2v) is 10.2. The number of carboxylic acid groups (broad SMARTS) is 1. The molecule has 0 saturated carbocycles. The minimum absolute atomic E-state index is 0.0000766. The number of rotatable bonds is 4. The van der Waals surface area contributed by atoms with Gasteiger partial charge in [0.25, 0.3) is 0 Å². The van der Waals surface area contributed by atoms with E-state index in [-0.39, 0.29) is 48.4 Å². The van der Waals surface area contributed by atoms with Gasteiger partial charge in [-0.2, -0.15) is 4.98 Å². The Balaban J connectivity index is 1.86. The molecular weight excluding hydrogens is 522 g/mol. The van der Waals surface area contributed by atoms with Crippen molar-refractivity contribution in [1.82, 2.24) is 24.4 Å². The quantitative estimate of drug-likeness (QED) is 0.382. The first kappa shape index (κ1) is 27.0. The van der Waals surface area contributed by atoms with E-state index in [1.54, 1.807) is 31.0 Å². The molecule has 1 saturated heterocycles. The van der Waals surface area contributed by atoms with Crippen LogP contribution in [-0.4, -0.2) is 66.4 Å². The average Bonchev–Trinajstić information content (AvgIpc) is 2.89. The Labute approximate surface area is 228 Å². The lowest BCUT2D eigenvalue weighted by Gasteiger charge is -2.39. The van der Waals surface area contributed by atoms with E-state index in [1.165, 1.54) is 21.6 Å². The molecule has 10 nitrogen and oxygen atoms in total. The number of phenols is 1. The molecule has 0 spiro atoms. The summed E-state index contributed by atoms with van der Waals surface area (Å²) in [5, 5.41) is 20.0. The third-order valence-corrected chi connectivity index (χ3v) is 7.12. The number of benzene rings is 1. The molecule has 5 rings (SSSR count). The van der Waals surface area contributed by atoms with Crippen LogP contribution >= 0.6 is 0 Å². The maximum atomic E-state index is 15.7. The summed E-state index contributed by atoms with van der Waals surface area (Å²) in [7, 11) is 0. The van der Waals surface area contributed by atoms with Crippen molar-refractivity contribution in [3.05, 3.63) is 69.9 Å². The number of aryl methyl sites for hydroxylation is 1. The van der Waals surface area contributed by atoms with Crippen LogP contribution in [0, 0.1) is 18.6 Å². The molecule has 12 heteroatoms. The molecule has 0 unspecified atom stereocenters. The standard InChI is InChI=1S/C28H28F2N6O4/c1-14(2)22-24(15(3)8-9-31-22)36-26-17(12-19(30)23(32-26)21-18(29)6-5-7-20(21)37)25(33-27(36)38)35-11-10-34(28(39)40)13-16(35)4/h5-9,12,14,16,37H,10-11,13H2,1-4H3,(H,39,40)/t16-/m0/s1. The van der Waals surface area contributed by atoms with Crippen molar-refractivity contribution < 1.29 is 23.8 Å². The first-order valence-corrected chi connectivity index (χ1v) is 12.8. The normalized spacial score (nSPS) is 15.7. The fourth-order valence-corrected chi connectivity index (χ4v) is 5.18. The number of aromatic nitrogens is 4. The fourth-order valence-electron chi connectivity index (χ4n) is 5.18. The molecule has 1 aliphatic heterocycles. The molecule has 1 fully saturated rings. The van der Waals surface area contributed by atoms with Gasteiger partial charge in [-0.05, 0) is 49.6 Å². The lowest BCUT2D eigenvalue weighted by atomic mass is 10.0. The number of hydrogen-bond acceptors (Lipinski definition) is 7. The molecule has 4 heterocycles. The smallest absolute Gasteiger partial charge is 0.407 e. The first-order valence-electron chi connectivity index (χ1n) is 12.8. The summed E-state index contributed by atoms with van der Waals surface area (Å²) in [6, 6.07) is 6.06. The zero-order valence-corrected chi connectivity index (χ0v) is 22.4. The number of piperazine rings is 1. The van der Waals surface area contributed by atoms with E-state index in [4.69, 9.17) is 0 Å². The van der Waals surface area contributed by atoms with Crippen molar-refractivity contribution in [3.8, 4) is 22.7 Å². The second-order valence-electron chi connectivity index (χ2n) is 10.2. The first-order chi connectivity index (χ1) is 19.0. The van der Waals surface area contributed by atoms with Crippen molar-refractivity contribution in [3.63, 3.8) is 0 Å². The molecular formula is C28H28F2N6O4. The van der Waals surface area contributed by atoms with Crippen LogP contribution in [0.1, 0.15) is 37.9 Å². The van der Waals surface area contributed by atoms with Gasteiger partial charge < -0.3 is 20.0 Å². The molecule has 0 aliphatic carbocycles. The topological polar surface area (TPSA) is 125 Å². The van der Waals surface area contributed by atoms with Crippen LogP contribution in [0.3, 0.4) is 0 Å². The van der Waals surface area contributed by atoms with Crippen LogP contribution in [0.25, 0.3) is 28.0 Å². The number of pyridine rings is 2. The van der Waals surface area contributed by atoms with Crippen molar-refractivity contribution in [2.45, 2.75) is 39.7 Å². The molecule has 0 bridgehead atoms. The lowest BCUT2D eigenvalue weighted by Crippen LogP contribution is -2.54. The molecule has 1 aromatic carbocycles. The molecule has 1 atom stereocenters. The average molecular weight is 551 g/mol. The van der Waals surface area contributed by atoms with Gasteiger partial charge in [0.1, 0.15) is 23.1 Å². The number of nitrogens with zero attached hydrogens (tertiary/aromatic N) is 6. The molecule has 1 amide bonds. The van der Waals surface area contributed by atoms with Gasteiger partial charge >= 0.3 is 11.8 Å². The van der Waals surface area contributed by atoms with Gasteiger partial charge in [0.15, 0.2) is 11.5 Å². The number of aromatic hydroxyl groups is 1. The summed E-state index contributed by atoms with van der Waals surface area (Å²) in [6.07, 6.45) is 0.568. The van der Waals surface area contributed by atoms with Crippen molar-refractivity contribution >= 4 is 22.9 Å². The van der Waals surface area contributed by atoms with Gasteiger partial charge in [-0.15, -0.1) is 0 Å². The number of anilines is 1. The number of amides is 1. The monoisotopic (exact) mass is 550 g/mol. The predicted molar refractivity (Wildman–Crippen MR) is 145 cm³/mol. The Morgan fingerprint density at radius 1 is 1.12 bits per heavy atom. The third kappa shape index (κ3) is 4.48. The summed E-state index contributed by atoms with van der Waals surface area (Å²) in [5.74, 6) is -2.28. The van der Waals surface area contributed by atoms with Gasteiger partial charge in [-0.1, -0.05) is 19.9 Å². The number of hydrogen-bond donors (Lipinski definition) is 2. The largest absolute Gasteiger partial charge is 0.507 e. The highest BCUT2D eigenvalue weighted by molar-refractivity contribution is 5.91. The van der Waals surface area contributed by atoms with E-state index < -0.39 is 40.4 Å². The molecule has 40 heavy (non-hydrogen) atoms. The lowest BCUT2D eigenvalue weighted by molar-refractivity contribution is 0.136. The molecule has 3 aromatic heterocycles. The fraction of sp³-hybridized carbons (Fsp3) is 0.321. The van der Waals surface area contributed by atoms with Crippen LogP contribution in [0.4, 0.5) is 19.4 Å². The summed E-state index contributed by atoms with van der Waals surface area (Å²) in [6.45, 7) is 7.93. The van der Waals surface area contributed by atoms with E-state index in [1.807, 2.05) is 13.8 Å². The van der Waals surface area contributed by atoms with Crippen molar-refractivity contribution in [2.75, 3.05) is 24.5 Å². The van der Waals surface area contributed by atoms with Gasteiger partial charge in [0.05, 0.1) is 22.3 Å². The SMILES string of the molecule is Cc1ccnc(C(C)C)c1-n1c(=O)nc(N2CCN(C(=O)O)C[C@@H]2C)c2cc(F)c(-c3c(O)cccc3F)nc21. The van der Waals surface area contributed by atoms with E-state index >= 15 is 4.39 Å². The summed E-state index contributed by atoms with van der Waals surface area (Å²) in [4.78, 5) is 41.6. The number of halogens is 2. The van der Waals surface area contributed by atoms with Gasteiger partial charge in [-0.25, -0.2) is 27.9 Å². The van der Waals surface area contributed by atoms with Gasteiger partial charge in [0, 0.05) is 31.9 Å². The third-order valence-electron chi connectivity index (χ3n) is 7.12. The highest BCUT2D eigenvalue weighted by Crippen LogP contribution is 2.36. The zero-order chi connectivity index (χ0) is 28.9. The Morgan fingerprint density at radius 2 is 1.88 bits per heavy atom. The van der Waals surface area contributed by atoms with Crippen LogP contribution in [0.15, 0.2) is 41.3 Å². The van der Waals surface area contributed by atoms with Crippen molar-refractivity contribution in [1.29, 1.82) is 0 Å².